The van der Waals surface area contributed by atoms with Gasteiger partial charge in [0.1, 0.15) is 6.54 Å². The molecule has 1 N–H and O–H groups in total. The third kappa shape index (κ3) is 6.44. The lowest BCUT2D eigenvalue weighted by atomic mass is 10.2. The van der Waals surface area contributed by atoms with Crippen LogP contribution in [-0.2, 0) is 17.9 Å². The summed E-state index contributed by atoms with van der Waals surface area (Å²) in [4.78, 5) is 31.0. The molecule has 0 spiro atoms. The number of rotatable bonds is 8. The Bertz CT molecular complexity index is 1030. The zero-order valence-corrected chi connectivity index (χ0v) is 20.0. The molecule has 3 amide bonds. The number of aryl methyl sites for hydroxylation is 2. The number of nitrogens with one attached hydrogen (secondary N) is 1. The van der Waals surface area contributed by atoms with Crippen molar-refractivity contribution in [3.8, 4) is 0 Å². The summed E-state index contributed by atoms with van der Waals surface area (Å²) < 4.78 is 0. The van der Waals surface area contributed by atoms with E-state index in [0.29, 0.717) is 18.8 Å². The third-order valence-electron chi connectivity index (χ3n) is 5.36. The molecule has 0 aliphatic heterocycles. The summed E-state index contributed by atoms with van der Waals surface area (Å²) >= 11 is 1.65. The molecule has 0 saturated carbocycles. The molecular weight excluding hydrogens is 418 g/mol. The zero-order valence-electron chi connectivity index (χ0n) is 19.2. The monoisotopic (exact) mass is 449 g/mol. The Morgan fingerprint density at radius 1 is 0.938 bits per heavy atom. The summed E-state index contributed by atoms with van der Waals surface area (Å²) in [7, 11) is 0. The van der Waals surface area contributed by atoms with Crippen LogP contribution in [0, 0.1) is 13.8 Å². The van der Waals surface area contributed by atoms with Crippen LogP contribution in [0.25, 0.3) is 0 Å². The summed E-state index contributed by atoms with van der Waals surface area (Å²) in [5.74, 6) is -0.0746. The molecule has 3 aromatic rings. The van der Waals surface area contributed by atoms with E-state index < -0.39 is 0 Å². The van der Waals surface area contributed by atoms with E-state index in [-0.39, 0.29) is 24.5 Å². The summed E-state index contributed by atoms with van der Waals surface area (Å²) in [6, 6.07) is 19.3. The molecule has 5 nitrogen and oxygen atoms in total. The molecule has 0 aliphatic carbocycles. The van der Waals surface area contributed by atoms with E-state index in [1.807, 2.05) is 85.6 Å². The molecule has 32 heavy (non-hydrogen) atoms. The van der Waals surface area contributed by atoms with Gasteiger partial charge in [0.15, 0.2) is 0 Å². The molecule has 168 valence electrons. The topological polar surface area (TPSA) is 52.7 Å². The van der Waals surface area contributed by atoms with Gasteiger partial charge in [-0.25, -0.2) is 4.79 Å². The van der Waals surface area contributed by atoms with Crippen LogP contribution in [0.15, 0.2) is 66.0 Å². The highest BCUT2D eigenvalue weighted by molar-refractivity contribution is 7.10. The van der Waals surface area contributed by atoms with E-state index in [1.165, 1.54) is 5.56 Å². The van der Waals surface area contributed by atoms with E-state index >= 15 is 0 Å². The summed E-state index contributed by atoms with van der Waals surface area (Å²) in [6.07, 6.45) is 0. The van der Waals surface area contributed by atoms with Gasteiger partial charge >= 0.3 is 6.03 Å². The number of amides is 3. The first kappa shape index (κ1) is 23.5. The van der Waals surface area contributed by atoms with E-state index in [9.17, 15) is 9.59 Å². The van der Waals surface area contributed by atoms with Crippen molar-refractivity contribution in [2.45, 2.75) is 46.8 Å². The van der Waals surface area contributed by atoms with Gasteiger partial charge in [-0.2, -0.15) is 0 Å². The Hall–Kier alpha value is -3.12. The van der Waals surface area contributed by atoms with Crippen molar-refractivity contribution in [3.05, 3.63) is 87.6 Å². The van der Waals surface area contributed by atoms with Crippen LogP contribution in [0.5, 0.6) is 0 Å². The number of benzene rings is 2. The summed E-state index contributed by atoms with van der Waals surface area (Å²) in [5.41, 5.74) is 4.09. The van der Waals surface area contributed by atoms with Crippen LogP contribution in [0.4, 0.5) is 10.5 Å². The number of hydrogen-bond donors (Lipinski definition) is 1. The van der Waals surface area contributed by atoms with E-state index in [1.54, 1.807) is 16.2 Å². The standard InChI is InChI=1S/C26H31N3O2S/c1-19(2)29(26(31)27-23-12-10-20(3)11-13-23)18-25(30)28(16-22-8-6-5-7-9-22)17-24-21(4)14-15-32-24/h5-15,19H,16-18H2,1-4H3,(H,27,31). The number of anilines is 1. The van der Waals surface area contributed by atoms with Crippen LogP contribution in [-0.4, -0.2) is 34.3 Å². The SMILES string of the molecule is Cc1ccc(NC(=O)N(CC(=O)N(Cc2ccccc2)Cc2sccc2C)C(C)C)cc1. The van der Waals surface area contributed by atoms with Gasteiger partial charge in [0.2, 0.25) is 5.91 Å². The maximum atomic E-state index is 13.4. The van der Waals surface area contributed by atoms with Gasteiger partial charge < -0.3 is 15.1 Å². The van der Waals surface area contributed by atoms with Crippen molar-refractivity contribution in [3.63, 3.8) is 0 Å². The molecule has 2 aromatic carbocycles. The van der Waals surface area contributed by atoms with Crippen LogP contribution < -0.4 is 5.32 Å². The fraction of sp³-hybridized carbons (Fsp3) is 0.308. The highest BCUT2D eigenvalue weighted by Crippen LogP contribution is 2.20. The molecule has 0 saturated heterocycles. The fourth-order valence-electron chi connectivity index (χ4n) is 3.34. The minimum atomic E-state index is -0.274. The Labute approximate surface area is 194 Å². The quantitative estimate of drug-likeness (QED) is 0.470. The lowest BCUT2D eigenvalue weighted by Gasteiger charge is -2.30. The van der Waals surface area contributed by atoms with Gasteiger partial charge in [0.25, 0.3) is 0 Å². The second kappa shape index (κ2) is 11.0. The summed E-state index contributed by atoms with van der Waals surface area (Å²) in [6.45, 7) is 8.96. The smallest absolute Gasteiger partial charge is 0.322 e. The molecule has 0 radical (unpaired) electrons. The van der Waals surface area contributed by atoms with Gasteiger partial charge in [-0.05, 0) is 62.4 Å². The molecule has 0 atom stereocenters. The lowest BCUT2D eigenvalue weighted by Crippen LogP contribution is -2.47. The highest BCUT2D eigenvalue weighted by Gasteiger charge is 2.24. The van der Waals surface area contributed by atoms with Crippen LogP contribution >= 0.6 is 11.3 Å². The first-order chi connectivity index (χ1) is 15.3. The van der Waals surface area contributed by atoms with E-state index in [2.05, 4.69) is 18.3 Å². The normalized spacial score (nSPS) is 10.8. The van der Waals surface area contributed by atoms with E-state index in [0.717, 1.165) is 16.0 Å². The Morgan fingerprint density at radius 3 is 2.22 bits per heavy atom. The Balaban J connectivity index is 1.75. The van der Waals surface area contributed by atoms with Gasteiger partial charge in [0.05, 0.1) is 6.54 Å². The number of thiophene rings is 1. The van der Waals surface area contributed by atoms with Crippen molar-refractivity contribution in [2.24, 2.45) is 0 Å². The first-order valence-electron chi connectivity index (χ1n) is 10.8. The van der Waals surface area contributed by atoms with Crippen LogP contribution in [0.3, 0.4) is 0 Å². The largest absolute Gasteiger partial charge is 0.332 e. The fourth-order valence-corrected chi connectivity index (χ4v) is 4.26. The number of carbonyl (C=O) groups is 2. The summed E-state index contributed by atoms with van der Waals surface area (Å²) in [5, 5.41) is 4.96. The Morgan fingerprint density at radius 2 is 1.62 bits per heavy atom. The second-order valence-electron chi connectivity index (χ2n) is 8.28. The van der Waals surface area contributed by atoms with Gasteiger partial charge in [-0.3, -0.25) is 4.79 Å². The van der Waals surface area contributed by atoms with Crippen molar-refractivity contribution < 1.29 is 9.59 Å². The molecule has 3 rings (SSSR count). The molecular formula is C26H31N3O2S. The Kier molecular flexibility index (Phi) is 8.06. The number of hydrogen-bond acceptors (Lipinski definition) is 3. The van der Waals surface area contributed by atoms with Gasteiger partial charge in [0, 0.05) is 23.2 Å². The molecule has 0 aliphatic rings. The molecule has 6 heteroatoms. The maximum Gasteiger partial charge on any atom is 0.322 e. The first-order valence-corrected chi connectivity index (χ1v) is 11.7. The minimum Gasteiger partial charge on any atom is -0.332 e. The molecule has 0 bridgehead atoms. The van der Waals surface area contributed by atoms with Crippen LogP contribution in [0.2, 0.25) is 0 Å². The van der Waals surface area contributed by atoms with Crippen molar-refractivity contribution in [1.82, 2.24) is 9.80 Å². The number of urea groups is 1. The average Bonchev–Trinajstić information content (AvgIpc) is 3.17. The van der Waals surface area contributed by atoms with Gasteiger partial charge in [-0.15, -0.1) is 11.3 Å². The molecule has 0 unspecified atom stereocenters. The highest BCUT2D eigenvalue weighted by atomic mass is 32.1. The minimum absolute atomic E-state index is 0.0205. The third-order valence-corrected chi connectivity index (χ3v) is 6.37. The van der Waals surface area contributed by atoms with Crippen molar-refractivity contribution in [2.75, 3.05) is 11.9 Å². The van der Waals surface area contributed by atoms with Gasteiger partial charge in [-0.1, -0.05) is 48.0 Å². The zero-order chi connectivity index (χ0) is 23.1. The van der Waals surface area contributed by atoms with E-state index in [4.69, 9.17) is 0 Å². The molecule has 1 aromatic heterocycles. The molecule has 1 heterocycles. The predicted molar refractivity (Wildman–Crippen MR) is 132 cm³/mol. The predicted octanol–water partition coefficient (Wildman–Crippen LogP) is 5.84. The van der Waals surface area contributed by atoms with Crippen molar-refractivity contribution >= 4 is 29.0 Å². The maximum absolute atomic E-state index is 13.4. The number of carbonyl (C=O) groups excluding carboxylic acids is 2. The van der Waals surface area contributed by atoms with Crippen molar-refractivity contribution in [1.29, 1.82) is 0 Å². The van der Waals surface area contributed by atoms with Crippen LogP contribution in [0.1, 0.15) is 35.4 Å². The average molecular weight is 450 g/mol. The number of nitrogens with zero attached hydrogens (tertiary/aromatic N) is 2. The molecule has 0 fully saturated rings. The second-order valence-corrected chi connectivity index (χ2v) is 9.28. The lowest BCUT2D eigenvalue weighted by molar-refractivity contribution is -0.133.